The Labute approximate surface area is 107 Å². The lowest BCUT2D eigenvalue weighted by molar-refractivity contribution is 0.329. The predicted octanol–water partition coefficient (Wildman–Crippen LogP) is 4.37. The number of halogens is 1. The van der Waals surface area contributed by atoms with Crippen molar-refractivity contribution >= 4 is 33.8 Å². The van der Waals surface area contributed by atoms with E-state index in [9.17, 15) is 0 Å². The molecule has 1 atom stereocenters. The molecule has 16 heavy (non-hydrogen) atoms. The first-order valence-corrected chi connectivity index (χ1v) is 6.10. The Kier molecular flexibility index (Phi) is 4.00. The zero-order valence-electron chi connectivity index (χ0n) is 9.86. The second-order valence-corrected chi connectivity index (χ2v) is 5.94. The van der Waals surface area contributed by atoms with Gasteiger partial charge in [0.2, 0.25) is 0 Å². The fraction of sp³-hybridized carbons (Fsp3) is 0.385. The third-order valence-corrected chi connectivity index (χ3v) is 3.76. The molecule has 0 aliphatic carbocycles. The Morgan fingerprint density at radius 1 is 1.19 bits per heavy atom. The maximum atomic E-state index is 6.29. The molecule has 0 unspecified atom stereocenters. The van der Waals surface area contributed by atoms with Crippen molar-refractivity contribution < 1.29 is 0 Å². The van der Waals surface area contributed by atoms with Crippen molar-refractivity contribution in [1.82, 2.24) is 0 Å². The molecule has 2 aromatic rings. The minimum atomic E-state index is 0. The summed E-state index contributed by atoms with van der Waals surface area (Å²) in [5.41, 5.74) is 7.68. The van der Waals surface area contributed by atoms with Gasteiger partial charge < -0.3 is 5.73 Å². The van der Waals surface area contributed by atoms with Crippen LogP contribution in [0.1, 0.15) is 32.4 Å². The van der Waals surface area contributed by atoms with E-state index in [1.807, 2.05) is 0 Å². The summed E-state index contributed by atoms with van der Waals surface area (Å²) in [5, 5.41) is 3.51. The lowest BCUT2D eigenvalue weighted by atomic mass is 9.83. The molecule has 0 saturated carbocycles. The number of hydrogen-bond acceptors (Lipinski definition) is 2. The van der Waals surface area contributed by atoms with Crippen LogP contribution in [0.3, 0.4) is 0 Å². The summed E-state index contributed by atoms with van der Waals surface area (Å²) >= 11 is 1.78. The van der Waals surface area contributed by atoms with Crippen LogP contribution in [-0.4, -0.2) is 0 Å². The molecule has 1 aromatic carbocycles. The van der Waals surface area contributed by atoms with E-state index in [0.717, 1.165) is 0 Å². The van der Waals surface area contributed by atoms with Crippen molar-refractivity contribution in [3.63, 3.8) is 0 Å². The van der Waals surface area contributed by atoms with Crippen molar-refractivity contribution in [2.24, 2.45) is 11.1 Å². The molecule has 0 aliphatic rings. The second kappa shape index (κ2) is 4.74. The van der Waals surface area contributed by atoms with Crippen molar-refractivity contribution in [3.8, 4) is 0 Å². The van der Waals surface area contributed by atoms with Gasteiger partial charge in [0, 0.05) is 10.7 Å². The monoisotopic (exact) mass is 255 g/mol. The molecule has 0 amide bonds. The lowest BCUT2D eigenvalue weighted by Gasteiger charge is -2.26. The van der Waals surface area contributed by atoms with Crippen LogP contribution in [0.15, 0.2) is 29.6 Å². The summed E-state index contributed by atoms with van der Waals surface area (Å²) in [6.45, 7) is 6.55. The van der Waals surface area contributed by atoms with Gasteiger partial charge in [-0.15, -0.1) is 23.7 Å². The lowest BCUT2D eigenvalue weighted by Crippen LogP contribution is -2.25. The minimum Gasteiger partial charge on any atom is -0.323 e. The summed E-state index contributed by atoms with van der Waals surface area (Å²) in [6, 6.07) is 8.57. The van der Waals surface area contributed by atoms with E-state index in [2.05, 4.69) is 50.4 Å². The summed E-state index contributed by atoms with van der Waals surface area (Å²) in [5.74, 6) is 0. The van der Waals surface area contributed by atoms with Crippen LogP contribution in [0.2, 0.25) is 0 Å². The van der Waals surface area contributed by atoms with Crippen LogP contribution in [0.5, 0.6) is 0 Å². The molecule has 0 fully saturated rings. The molecule has 1 aromatic heterocycles. The first-order valence-electron chi connectivity index (χ1n) is 5.22. The minimum absolute atomic E-state index is 0. The quantitative estimate of drug-likeness (QED) is 0.805. The molecular formula is C13H18ClNS. The normalized spacial score (nSPS) is 13.5. The van der Waals surface area contributed by atoms with Crippen molar-refractivity contribution in [2.45, 2.75) is 26.8 Å². The van der Waals surface area contributed by atoms with E-state index in [4.69, 9.17) is 5.73 Å². The standard InChI is InChI=1S/C13H17NS.ClH/c1-13(2,3)12(14)10-8-15-11-7-5-4-6-9(10)11;/h4-8,12H,14H2,1-3H3;1H/t12-;/m0./s1. The van der Waals surface area contributed by atoms with Crippen LogP contribution in [-0.2, 0) is 0 Å². The van der Waals surface area contributed by atoms with Crippen molar-refractivity contribution in [2.75, 3.05) is 0 Å². The number of benzene rings is 1. The fourth-order valence-corrected chi connectivity index (χ4v) is 2.70. The molecule has 0 saturated heterocycles. The van der Waals surface area contributed by atoms with Crippen molar-refractivity contribution in [3.05, 3.63) is 35.2 Å². The molecule has 3 heteroatoms. The highest BCUT2D eigenvalue weighted by atomic mass is 35.5. The van der Waals surface area contributed by atoms with E-state index in [1.165, 1.54) is 15.6 Å². The molecular weight excluding hydrogens is 238 g/mol. The SMILES string of the molecule is CC(C)(C)[C@@H](N)c1csc2ccccc12.Cl. The van der Waals surface area contributed by atoms with Gasteiger partial charge in [0.05, 0.1) is 0 Å². The third kappa shape index (κ3) is 2.40. The molecule has 0 spiro atoms. The van der Waals surface area contributed by atoms with Gasteiger partial charge in [-0.05, 0) is 27.8 Å². The fourth-order valence-electron chi connectivity index (χ4n) is 1.71. The number of hydrogen-bond donors (Lipinski definition) is 1. The maximum absolute atomic E-state index is 6.29. The highest BCUT2D eigenvalue weighted by Crippen LogP contribution is 2.37. The Morgan fingerprint density at radius 3 is 2.44 bits per heavy atom. The molecule has 1 heterocycles. The van der Waals surface area contributed by atoms with Crippen molar-refractivity contribution in [1.29, 1.82) is 0 Å². The Morgan fingerprint density at radius 2 is 1.81 bits per heavy atom. The smallest absolute Gasteiger partial charge is 0.0358 e. The zero-order valence-corrected chi connectivity index (χ0v) is 11.5. The largest absolute Gasteiger partial charge is 0.323 e. The summed E-state index contributed by atoms with van der Waals surface area (Å²) in [4.78, 5) is 0. The molecule has 0 aliphatic heterocycles. The highest BCUT2D eigenvalue weighted by molar-refractivity contribution is 7.17. The van der Waals surface area contributed by atoms with Crippen LogP contribution in [0, 0.1) is 5.41 Å². The molecule has 2 rings (SSSR count). The molecule has 1 nitrogen and oxygen atoms in total. The van der Waals surface area contributed by atoms with Gasteiger partial charge in [-0.25, -0.2) is 0 Å². The summed E-state index contributed by atoms with van der Waals surface area (Å²) in [6.07, 6.45) is 0. The number of thiophene rings is 1. The van der Waals surface area contributed by atoms with E-state index in [-0.39, 0.29) is 23.9 Å². The zero-order chi connectivity index (χ0) is 11.1. The predicted molar refractivity (Wildman–Crippen MR) is 75.5 cm³/mol. The van der Waals surface area contributed by atoms with E-state index >= 15 is 0 Å². The maximum Gasteiger partial charge on any atom is 0.0358 e. The van der Waals surface area contributed by atoms with E-state index in [0.29, 0.717) is 0 Å². The molecule has 88 valence electrons. The van der Waals surface area contributed by atoms with Gasteiger partial charge in [-0.1, -0.05) is 39.0 Å². The summed E-state index contributed by atoms with van der Waals surface area (Å²) in [7, 11) is 0. The molecule has 0 bridgehead atoms. The van der Waals surface area contributed by atoms with Gasteiger partial charge in [-0.2, -0.15) is 0 Å². The number of rotatable bonds is 1. The van der Waals surface area contributed by atoms with Crippen LogP contribution < -0.4 is 5.73 Å². The van der Waals surface area contributed by atoms with Gasteiger partial charge in [-0.3, -0.25) is 0 Å². The summed E-state index contributed by atoms with van der Waals surface area (Å²) < 4.78 is 1.33. The third-order valence-electron chi connectivity index (χ3n) is 2.78. The van der Waals surface area contributed by atoms with E-state index < -0.39 is 0 Å². The van der Waals surface area contributed by atoms with Gasteiger partial charge in [0.15, 0.2) is 0 Å². The number of nitrogens with two attached hydrogens (primary N) is 1. The van der Waals surface area contributed by atoms with Gasteiger partial charge >= 0.3 is 0 Å². The highest BCUT2D eigenvalue weighted by Gasteiger charge is 2.24. The Balaban J connectivity index is 0.00000128. The van der Waals surface area contributed by atoms with Crippen LogP contribution in [0.25, 0.3) is 10.1 Å². The first kappa shape index (κ1) is 13.5. The van der Waals surface area contributed by atoms with Gasteiger partial charge in [0.1, 0.15) is 0 Å². The second-order valence-electron chi connectivity index (χ2n) is 5.03. The average molecular weight is 256 g/mol. The first-order chi connectivity index (χ1) is 7.00. The molecule has 2 N–H and O–H groups in total. The Hall–Kier alpha value is -0.570. The topological polar surface area (TPSA) is 26.0 Å². The van der Waals surface area contributed by atoms with Gasteiger partial charge in [0.25, 0.3) is 0 Å². The van der Waals surface area contributed by atoms with Crippen LogP contribution >= 0.6 is 23.7 Å². The average Bonchev–Trinajstić information content (AvgIpc) is 2.58. The Bertz CT molecular complexity index is 470. The number of fused-ring (bicyclic) bond motifs is 1. The van der Waals surface area contributed by atoms with E-state index in [1.54, 1.807) is 11.3 Å². The van der Waals surface area contributed by atoms with Crippen LogP contribution in [0.4, 0.5) is 0 Å². The molecule has 0 radical (unpaired) electrons.